The van der Waals surface area contributed by atoms with Gasteiger partial charge in [-0.25, -0.2) is 0 Å². The van der Waals surface area contributed by atoms with Gasteiger partial charge in [-0.05, 0) is 44.4 Å². The molecule has 0 bridgehead atoms. The highest BCUT2D eigenvalue weighted by molar-refractivity contribution is 9.11. The molecule has 96 valence electrons. The van der Waals surface area contributed by atoms with Crippen molar-refractivity contribution < 1.29 is 0 Å². The third-order valence-corrected chi connectivity index (χ3v) is 4.75. The average molecular weight is 332 g/mol. The van der Waals surface area contributed by atoms with Crippen LogP contribution in [0.4, 0.5) is 0 Å². The molecule has 0 aliphatic carbocycles. The Labute approximate surface area is 125 Å². The summed E-state index contributed by atoms with van der Waals surface area (Å²) in [7, 11) is 0. The fraction of sp³-hybridized carbons (Fsp3) is 0.125. The van der Waals surface area contributed by atoms with E-state index in [1.807, 2.05) is 0 Å². The fourth-order valence-electron chi connectivity index (χ4n) is 2.21. The highest BCUT2D eigenvalue weighted by Gasteiger charge is 2.01. The van der Waals surface area contributed by atoms with Gasteiger partial charge in [-0.15, -0.1) is 11.3 Å². The number of nitrogens with one attached hydrogen (secondary N) is 1. The molecule has 3 rings (SSSR count). The number of benzene rings is 2. The Morgan fingerprint density at radius 1 is 0.895 bits per heavy atom. The quantitative estimate of drug-likeness (QED) is 0.712. The van der Waals surface area contributed by atoms with E-state index in [-0.39, 0.29) is 0 Å². The Balaban J connectivity index is 1.71. The summed E-state index contributed by atoms with van der Waals surface area (Å²) in [6.45, 7) is 1.82. The topological polar surface area (TPSA) is 12.0 Å². The van der Waals surface area contributed by atoms with Gasteiger partial charge in [0.25, 0.3) is 0 Å². The summed E-state index contributed by atoms with van der Waals surface area (Å²) in [6, 6.07) is 19.3. The zero-order valence-electron chi connectivity index (χ0n) is 10.4. The van der Waals surface area contributed by atoms with Crippen molar-refractivity contribution in [3.63, 3.8) is 0 Å². The summed E-state index contributed by atoms with van der Waals surface area (Å²) in [6.07, 6.45) is 0. The molecule has 0 saturated carbocycles. The monoisotopic (exact) mass is 331 g/mol. The number of thiophene rings is 1. The molecule has 1 aromatic heterocycles. The van der Waals surface area contributed by atoms with Gasteiger partial charge < -0.3 is 5.32 Å². The van der Waals surface area contributed by atoms with Crippen molar-refractivity contribution in [1.29, 1.82) is 0 Å². The van der Waals surface area contributed by atoms with Gasteiger partial charge in [0, 0.05) is 18.0 Å². The van der Waals surface area contributed by atoms with Crippen LogP contribution in [0.2, 0.25) is 0 Å². The van der Waals surface area contributed by atoms with E-state index >= 15 is 0 Å². The predicted octanol–water partition coefficient (Wildman–Crippen LogP) is 4.95. The maximum Gasteiger partial charge on any atom is 0.0701 e. The van der Waals surface area contributed by atoms with Crippen molar-refractivity contribution in [3.05, 3.63) is 68.8 Å². The second-order valence-corrected chi connectivity index (χ2v) is 7.00. The van der Waals surface area contributed by atoms with Gasteiger partial charge in [-0.2, -0.15) is 0 Å². The van der Waals surface area contributed by atoms with E-state index < -0.39 is 0 Å². The van der Waals surface area contributed by atoms with Crippen LogP contribution >= 0.6 is 27.3 Å². The number of fused-ring (bicyclic) bond motifs is 1. The van der Waals surface area contributed by atoms with Gasteiger partial charge in [-0.3, -0.25) is 0 Å². The maximum atomic E-state index is 3.51. The maximum absolute atomic E-state index is 3.51. The number of rotatable bonds is 4. The highest BCUT2D eigenvalue weighted by atomic mass is 79.9. The van der Waals surface area contributed by atoms with Crippen LogP contribution in [-0.4, -0.2) is 0 Å². The number of halogens is 1. The smallest absolute Gasteiger partial charge is 0.0701 e. The molecule has 3 heteroatoms. The molecule has 0 aliphatic rings. The number of hydrogen-bond donors (Lipinski definition) is 1. The third kappa shape index (κ3) is 3.06. The lowest BCUT2D eigenvalue weighted by Crippen LogP contribution is -2.11. The molecule has 0 unspecified atom stereocenters. The SMILES string of the molecule is Brc1ccc(CNCc2cccc3ccccc23)s1. The van der Waals surface area contributed by atoms with Crippen LogP contribution in [0, 0.1) is 0 Å². The van der Waals surface area contributed by atoms with Crippen molar-refractivity contribution in [2.24, 2.45) is 0 Å². The van der Waals surface area contributed by atoms with Gasteiger partial charge in [0.1, 0.15) is 0 Å². The lowest BCUT2D eigenvalue weighted by atomic mass is 10.0. The second-order valence-electron chi connectivity index (χ2n) is 4.45. The molecule has 0 aliphatic heterocycles. The molecule has 1 N–H and O–H groups in total. The number of hydrogen-bond acceptors (Lipinski definition) is 2. The Morgan fingerprint density at radius 3 is 2.58 bits per heavy atom. The van der Waals surface area contributed by atoms with Crippen LogP contribution in [0.15, 0.2) is 58.4 Å². The minimum Gasteiger partial charge on any atom is -0.308 e. The van der Waals surface area contributed by atoms with Gasteiger partial charge in [-0.1, -0.05) is 42.5 Å². The molecule has 1 heterocycles. The molecule has 0 atom stereocenters. The molecule has 0 fully saturated rings. The molecule has 2 aromatic carbocycles. The van der Waals surface area contributed by atoms with Crippen LogP contribution in [0.3, 0.4) is 0 Å². The van der Waals surface area contributed by atoms with Crippen LogP contribution < -0.4 is 5.32 Å². The van der Waals surface area contributed by atoms with Crippen LogP contribution in [0.25, 0.3) is 10.8 Å². The van der Waals surface area contributed by atoms with E-state index in [4.69, 9.17) is 0 Å². The summed E-state index contributed by atoms with van der Waals surface area (Å²) in [4.78, 5) is 1.35. The molecule has 0 radical (unpaired) electrons. The summed E-state index contributed by atoms with van der Waals surface area (Å²) in [5.74, 6) is 0. The molecule has 0 spiro atoms. The van der Waals surface area contributed by atoms with Gasteiger partial charge in [0.2, 0.25) is 0 Å². The van der Waals surface area contributed by atoms with Crippen molar-refractivity contribution in [3.8, 4) is 0 Å². The van der Waals surface area contributed by atoms with Gasteiger partial charge in [0.15, 0.2) is 0 Å². The first-order valence-corrected chi connectivity index (χ1v) is 7.85. The van der Waals surface area contributed by atoms with E-state index in [1.165, 1.54) is 25.0 Å². The first kappa shape index (κ1) is 12.9. The third-order valence-electron chi connectivity index (χ3n) is 3.12. The second kappa shape index (κ2) is 5.87. The fourth-order valence-corrected chi connectivity index (χ4v) is 3.67. The van der Waals surface area contributed by atoms with E-state index in [9.17, 15) is 0 Å². The van der Waals surface area contributed by atoms with Crippen LogP contribution in [-0.2, 0) is 13.1 Å². The first-order chi connectivity index (χ1) is 9.33. The van der Waals surface area contributed by atoms with E-state index in [0.717, 1.165) is 13.1 Å². The van der Waals surface area contributed by atoms with E-state index in [1.54, 1.807) is 11.3 Å². The zero-order chi connectivity index (χ0) is 13.1. The Hall–Kier alpha value is -1.16. The predicted molar refractivity (Wildman–Crippen MR) is 86.5 cm³/mol. The Morgan fingerprint density at radius 2 is 1.74 bits per heavy atom. The average Bonchev–Trinajstić information content (AvgIpc) is 2.85. The van der Waals surface area contributed by atoms with E-state index in [0.29, 0.717) is 0 Å². The largest absolute Gasteiger partial charge is 0.308 e. The first-order valence-electron chi connectivity index (χ1n) is 6.24. The highest BCUT2D eigenvalue weighted by Crippen LogP contribution is 2.22. The van der Waals surface area contributed by atoms with Crippen molar-refractivity contribution in [2.75, 3.05) is 0 Å². The minimum atomic E-state index is 0.900. The zero-order valence-corrected chi connectivity index (χ0v) is 12.8. The van der Waals surface area contributed by atoms with Crippen LogP contribution in [0.1, 0.15) is 10.4 Å². The summed E-state index contributed by atoms with van der Waals surface area (Å²) in [5.41, 5.74) is 1.36. The van der Waals surface area contributed by atoms with Gasteiger partial charge in [0.05, 0.1) is 3.79 Å². The lowest BCUT2D eigenvalue weighted by Gasteiger charge is -2.07. The molecular formula is C16H14BrNS. The molecule has 1 nitrogen and oxygen atoms in total. The van der Waals surface area contributed by atoms with Crippen molar-refractivity contribution in [2.45, 2.75) is 13.1 Å². The summed E-state index contributed by atoms with van der Waals surface area (Å²) in [5, 5.41) is 6.16. The summed E-state index contributed by atoms with van der Waals surface area (Å²) < 4.78 is 1.19. The minimum absolute atomic E-state index is 0.900. The lowest BCUT2D eigenvalue weighted by molar-refractivity contribution is 0.704. The van der Waals surface area contributed by atoms with Crippen molar-refractivity contribution in [1.82, 2.24) is 5.32 Å². The molecular weight excluding hydrogens is 318 g/mol. The Bertz CT molecular complexity index is 685. The van der Waals surface area contributed by atoms with E-state index in [2.05, 4.69) is 75.8 Å². The van der Waals surface area contributed by atoms with Gasteiger partial charge >= 0.3 is 0 Å². The normalized spacial score (nSPS) is 11.0. The summed E-state index contributed by atoms with van der Waals surface area (Å²) >= 11 is 5.27. The molecule has 0 saturated heterocycles. The van der Waals surface area contributed by atoms with Crippen LogP contribution in [0.5, 0.6) is 0 Å². The molecule has 0 amide bonds. The standard InChI is InChI=1S/C16H14BrNS/c17-16-9-8-14(19-16)11-18-10-13-6-3-5-12-4-1-2-7-15(12)13/h1-9,18H,10-11H2. The Kier molecular flexibility index (Phi) is 3.97. The molecule has 3 aromatic rings. The molecule has 19 heavy (non-hydrogen) atoms. The van der Waals surface area contributed by atoms with Crippen molar-refractivity contribution >= 4 is 38.0 Å².